The number of hydrogen-bond donors (Lipinski definition) is 0. The van der Waals surface area contributed by atoms with Crippen molar-refractivity contribution in [3.05, 3.63) is 65.2 Å². The van der Waals surface area contributed by atoms with Crippen molar-refractivity contribution in [1.29, 1.82) is 0 Å². The molecular weight excluding hydrogens is 262 g/mol. The molecule has 3 heteroatoms. The van der Waals surface area contributed by atoms with Gasteiger partial charge in [0.05, 0.1) is 13.7 Å². The topological polar surface area (TPSA) is 21.7 Å². The van der Waals surface area contributed by atoms with E-state index in [2.05, 4.69) is 48.3 Å². The van der Waals surface area contributed by atoms with Crippen molar-refractivity contribution in [2.75, 3.05) is 27.3 Å². The van der Waals surface area contributed by atoms with Gasteiger partial charge in [-0.15, -0.1) is 0 Å². The van der Waals surface area contributed by atoms with Crippen LogP contribution in [0.3, 0.4) is 0 Å². The molecule has 1 heterocycles. The van der Waals surface area contributed by atoms with Crippen LogP contribution in [0.15, 0.2) is 48.5 Å². The summed E-state index contributed by atoms with van der Waals surface area (Å²) in [5.41, 5.74) is 3.69. The van der Waals surface area contributed by atoms with Crippen molar-refractivity contribution in [1.82, 2.24) is 4.90 Å². The molecule has 21 heavy (non-hydrogen) atoms. The van der Waals surface area contributed by atoms with Gasteiger partial charge in [-0.25, -0.2) is 0 Å². The highest BCUT2D eigenvalue weighted by Gasteiger charge is 2.22. The monoisotopic (exact) mass is 283 g/mol. The number of hydrogen-bond acceptors (Lipinski definition) is 3. The van der Waals surface area contributed by atoms with Crippen LogP contribution >= 0.6 is 0 Å². The van der Waals surface area contributed by atoms with E-state index in [0.717, 1.165) is 25.4 Å². The van der Waals surface area contributed by atoms with Gasteiger partial charge in [-0.1, -0.05) is 36.4 Å². The second-order valence-corrected chi connectivity index (χ2v) is 5.46. The van der Waals surface area contributed by atoms with Crippen molar-refractivity contribution in [2.24, 2.45) is 0 Å². The molecule has 2 aromatic rings. The summed E-state index contributed by atoms with van der Waals surface area (Å²) in [4.78, 5) is 2.28. The van der Waals surface area contributed by atoms with Crippen molar-refractivity contribution in [2.45, 2.75) is 12.6 Å². The highest BCUT2D eigenvalue weighted by molar-refractivity contribution is 5.41. The lowest BCUT2D eigenvalue weighted by Gasteiger charge is -2.28. The summed E-state index contributed by atoms with van der Waals surface area (Å²) in [5.74, 6) is 0.876. The van der Waals surface area contributed by atoms with Crippen LogP contribution in [0.4, 0.5) is 0 Å². The lowest BCUT2D eigenvalue weighted by molar-refractivity contribution is 0.0552. The third-order valence-electron chi connectivity index (χ3n) is 3.94. The smallest absolute Gasteiger partial charge is 0.119 e. The predicted octanol–water partition coefficient (Wildman–Crippen LogP) is 3.25. The number of methoxy groups -OCH3 is 1. The minimum Gasteiger partial charge on any atom is -0.497 e. The van der Waals surface area contributed by atoms with E-state index in [0.29, 0.717) is 0 Å². The first kappa shape index (κ1) is 14.1. The number of benzene rings is 2. The molecule has 0 saturated heterocycles. The summed E-state index contributed by atoms with van der Waals surface area (Å²) in [6.45, 7) is 2.60. The summed E-state index contributed by atoms with van der Waals surface area (Å²) >= 11 is 0. The zero-order valence-electron chi connectivity index (χ0n) is 12.6. The molecule has 2 aromatic carbocycles. The largest absolute Gasteiger partial charge is 0.497 e. The molecule has 110 valence electrons. The zero-order chi connectivity index (χ0) is 14.7. The van der Waals surface area contributed by atoms with Crippen LogP contribution in [0.25, 0.3) is 0 Å². The Morgan fingerprint density at radius 3 is 2.71 bits per heavy atom. The molecule has 3 nitrogen and oxygen atoms in total. The van der Waals surface area contributed by atoms with Gasteiger partial charge in [-0.05, 0) is 35.9 Å². The van der Waals surface area contributed by atoms with Crippen LogP contribution < -0.4 is 4.74 Å². The number of likely N-dealkylation sites (N-methyl/N-ethyl adjacent to an activating group) is 1. The van der Waals surface area contributed by atoms with Crippen LogP contribution in [0.5, 0.6) is 5.75 Å². The lowest BCUT2D eigenvalue weighted by atomic mass is 9.95. The predicted molar refractivity (Wildman–Crippen MR) is 83.6 cm³/mol. The Morgan fingerprint density at radius 2 is 1.95 bits per heavy atom. The van der Waals surface area contributed by atoms with E-state index in [9.17, 15) is 0 Å². The maximum atomic E-state index is 6.17. The van der Waals surface area contributed by atoms with Crippen LogP contribution in [0.2, 0.25) is 0 Å². The maximum Gasteiger partial charge on any atom is 0.119 e. The molecule has 0 fully saturated rings. The maximum absolute atomic E-state index is 6.17. The Kier molecular flexibility index (Phi) is 4.23. The average Bonchev–Trinajstić information content (AvgIpc) is 2.51. The van der Waals surface area contributed by atoms with Crippen LogP contribution in [-0.2, 0) is 11.3 Å². The average molecular weight is 283 g/mol. The molecule has 3 rings (SSSR count). The zero-order valence-corrected chi connectivity index (χ0v) is 12.6. The first-order valence-electron chi connectivity index (χ1n) is 7.30. The van der Waals surface area contributed by atoms with Gasteiger partial charge in [0, 0.05) is 13.1 Å². The van der Waals surface area contributed by atoms with Gasteiger partial charge in [0.1, 0.15) is 11.9 Å². The fraction of sp³-hybridized carbons (Fsp3) is 0.333. The van der Waals surface area contributed by atoms with Crippen molar-refractivity contribution in [3.8, 4) is 5.75 Å². The van der Waals surface area contributed by atoms with E-state index in [-0.39, 0.29) is 6.10 Å². The lowest BCUT2D eigenvalue weighted by Crippen LogP contribution is -2.27. The number of fused-ring (bicyclic) bond motifs is 1. The molecule has 0 N–H and O–H groups in total. The summed E-state index contributed by atoms with van der Waals surface area (Å²) < 4.78 is 11.6. The van der Waals surface area contributed by atoms with Gasteiger partial charge in [0.2, 0.25) is 0 Å². The highest BCUT2D eigenvalue weighted by Crippen LogP contribution is 2.33. The molecule has 0 aromatic heterocycles. The number of nitrogens with zero attached hydrogens (tertiary/aromatic N) is 1. The van der Waals surface area contributed by atoms with Gasteiger partial charge in [0.25, 0.3) is 0 Å². The molecule has 0 aliphatic carbocycles. The molecule has 0 bridgehead atoms. The minimum absolute atomic E-state index is 0.0231. The van der Waals surface area contributed by atoms with Crippen molar-refractivity contribution in [3.63, 3.8) is 0 Å². The third kappa shape index (κ3) is 3.09. The summed E-state index contributed by atoms with van der Waals surface area (Å²) in [6.07, 6.45) is -0.0231. The second kappa shape index (κ2) is 6.29. The van der Waals surface area contributed by atoms with E-state index in [1.807, 2.05) is 12.1 Å². The van der Waals surface area contributed by atoms with E-state index < -0.39 is 0 Å². The Balaban J connectivity index is 2.07. The molecular formula is C18H21NO2. The fourth-order valence-electron chi connectivity index (χ4n) is 2.78. The molecule has 0 unspecified atom stereocenters. The normalized spacial score (nSPS) is 19.4. The molecule has 0 radical (unpaired) electrons. The highest BCUT2D eigenvalue weighted by atomic mass is 16.5. The van der Waals surface area contributed by atoms with E-state index in [4.69, 9.17) is 9.47 Å². The van der Waals surface area contributed by atoms with Gasteiger partial charge < -0.3 is 9.47 Å². The standard InChI is InChI=1S/C18H21NO2/c1-19-10-11-21-18(14-6-4-3-5-7-14)17-12-16(20-2)9-8-15(17)13-19/h3-9,12,18H,10-11,13H2,1-2H3/t18-/m1/s1. The molecule has 1 aliphatic rings. The van der Waals surface area contributed by atoms with Gasteiger partial charge in [0.15, 0.2) is 0 Å². The number of rotatable bonds is 2. The Labute approximate surface area is 126 Å². The van der Waals surface area contributed by atoms with E-state index in [1.54, 1.807) is 7.11 Å². The Morgan fingerprint density at radius 1 is 1.14 bits per heavy atom. The quantitative estimate of drug-likeness (QED) is 0.844. The summed E-state index contributed by atoms with van der Waals surface area (Å²) in [6, 6.07) is 16.7. The fourth-order valence-corrected chi connectivity index (χ4v) is 2.78. The van der Waals surface area contributed by atoms with E-state index in [1.165, 1.54) is 16.7 Å². The van der Waals surface area contributed by atoms with Gasteiger partial charge in [-0.2, -0.15) is 0 Å². The molecule has 0 saturated carbocycles. The SMILES string of the molecule is COc1ccc2c(c1)[C@@H](c1ccccc1)OCCN(C)C2. The third-order valence-corrected chi connectivity index (χ3v) is 3.94. The first-order chi connectivity index (χ1) is 10.3. The van der Waals surface area contributed by atoms with Crippen molar-refractivity contribution >= 4 is 0 Å². The minimum atomic E-state index is -0.0231. The van der Waals surface area contributed by atoms with Crippen LogP contribution in [0, 0.1) is 0 Å². The Hall–Kier alpha value is -1.84. The second-order valence-electron chi connectivity index (χ2n) is 5.46. The summed E-state index contributed by atoms with van der Waals surface area (Å²) in [7, 11) is 3.83. The number of ether oxygens (including phenoxy) is 2. The molecule has 0 amide bonds. The molecule has 1 aliphatic heterocycles. The van der Waals surface area contributed by atoms with Crippen LogP contribution in [0.1, 0.15) is 22.8 Å². The Bertz CT molecular complexity index is 597. The van der Waals surface area contributed by atoms with Gasteiger partial charge >= 0.3 is 0 Å². The van der Waals surface area contributed by atoms with Crippen LogP contribution in [-0.4, -0.2) is 32.2 Å². The molecule has 1 atom stereocenters. The molecule has 0 spiro atoms. The first-order valence-corrected chi connectivity index (χ1v) is 7.30. The van der Waals surface area contributed by atoms with E-state index >= 15 is 0 Å². The van der Waals surface area contributed by atoms with Crippen molar-refractivity contribution < 1.29 is 9.47 Å². The summed E-state index contributed by atoms with van der Waals surface area (Å²) in [5, 5.41) is 0. The van der Waals surface area contributed by atoms with Gasteiger partial charge in [-0.3, -0.25) is 4.90 Å².